The number of phenolic OH excluding ortho intramolecular Hbond substituents is 2. The van der Waals surface area contributed by atoms with Gasteiger partial charge in [-0.25, -0.2) is 0 Å². The van der Waals surface area contributed by atoms with Gasteiger partial charge in [0.15, 0.2) is 17.3 Å². The van der Waals surface area contributed by atoms with Crippen LogP contribution in [0.4, 0.5) is 0 Å². The van der Waals surface area contributed by atoms with Gasteiger partial charge in [0.1, 0.15) is 17.5 Å². The van der Waals surface area contributed by atoms with Gasteiger partial charge in [0.2, 0.25) is 11.8 Å². The molecule has 1 aliphatic rings. The Bertz CT molecular complexity index is 2020. The molecule has 1 heterocycles. The zero-order chi connectivity index (χ0) is 41.6. The fourth-order valence-corrected chi connectivity index (χ4v) is 7.46. The molecule has 302 valence electrons. The average molecular weight is 778 g/mol. The van der Waals surface area contributed by atoms with Crippen LogP contribution in [0.5, 0.6) is 11.5 Å². The van der Waals surface area contributed by atoms with Gasteiger partial charge in [-0.3, -0.25) is 29.0 Å². The van der Waals surface area contributed by atoms with E-state index in [1.807, 2.05) is 31.2 Å². The number of likely N-dealkylation sites (N-methyl/N-ethyl adjacent to an activating group) is 1. The van der Waals surface area contributed by atoms with Gasteiger partial charge >= 0.3 is 0 Å². The molecule has 2 amide bonds. The van der Waals surface area contributed by atoms with Gasteiger partial charge in [-0.1, -0.05) is 63.4 Å². The van der Waals surface area contributed by atoms with Crippen molar-refractivity contribution in [2.45, 2.75) is 103 Å². The Morgan fingerprint density at radius 1 is 1.02 bits per heavy atom. The minimum absolute atomic E-state index is 0.0426. The summed E-state index contributed by atoms with van der Waals surface area (Å²) in [5.41, 5.74) is 9.27. The molecule has 4 bridgehead atoms. The molecule has 4 rings (SSSR count). The third kappa shape index (κ3) is 11.6. The van der Waals surface area contributed by atoms with Crippen molar-refractivity contribution < 1.29 is 34.2 Å². The average Bonchev–Trinajstić information content (AvgIpc) is 3.18. The highest BCUT2D eigenvalue weighted by Gasteiger charge is 2.36. The van der Waals surface area contributed by atoms with E-state index in [0.29, 0.717) is 16.7 Å². The van der Waals surface area contributed by atoms with Crippen molar-refractivity contribution in [2.75, 3.05) is 13.6 Å². The third-order valence-corrected chi connectivity index (χ3v) is 10.7. The van der Waals surface area contributed by atoms with E-state index < -0.39 is 41.5 Å². The van der Waals surface area contributed by atoms with Crippen LogP contribution in [0.15, 0.2) is 59.6 Å². The first-order valence-corrected chi connectivity index (χ1v) is 19.8. The smallest absolute Gasteiger partial charge is 0.226 e. The molecule has 0 spiro atoms. The van der Waals surface area contributed by atoms with E-state index in [0.717, 1.165) is 43.1 Å². The molecule has 3 aromatic carbocycles. The third-order valence-electron chi connectivity index (χ3n) is 10.7. The highest BCUT2D eigenvalue weighted by molar-refractivity contribution is 6.01. The van der Waals surface area contributed by atoms with Gasteiger partial charge in [-0.05, 0) is 79.1 Å². The molecule has 3 aromatic rings. The van der Waals surface area contributed by atoms with Crippen molar-refractivity contribution in [3.63, 3.8) is 0 Å². The number of aryl methyl sites for hydroxylation is 2. The summed E-state index contributed by atoms with van der Waals surface area (Å²) in [7, 11) is 1.47. The Balaban J connectivity index is 1.73. The molecule has 0 fully saturated rings. The van der Waals surface area contributed by atoms with Gasteiger partial charge in [0.25, 0.3) is 0 Å². The Hall–Kier alpha value is -5.83. The molecule has 0 radical (unpaired) electrons. The molecule has 12 nitrogen and oxygen atoms in total. The number of benzene rings is 3. The van der Waals surface area contributed by atoms with E-state index in [2.05, 4.69) is 17.2 Å². The number of carbonyl (C=O) groups is 5. The number of unbranched alkanes of at least 4 members (excludes halogenated alkanes) is 3. The van der Waals surface area contributed by atoms with Crippen molar-refractivity contribution in [1.29, 1.82) is 5.26 Å². The molecule has 0 saturated heterocycles. The van der Waals surface area contributed by atoms with Crippen molar-refractivity contribution in [3.8, 4) is 28.7 Å². The molecular formula is C45H55N5O7. The van der Waals surface area contributed by atoms with Crippen LogP contribution in [-0.2, 0) is 32.0 Å². The lowest BCUT2D eigenvalue weighted by atomic mass is 9.88. The first-order chi connectivity index (χ1) is 27.3. The van der Waals surface area contributed by atoms with Crippen LogP contribution in [0.3, 0.4) is 0 Å². The Morgan fingerprint density at radius 3 is 2.42 bits per heavy atom. The van der Waals surface area contributed by atoms with Crippen LogP contribution >= 0.6 is 0 Å². The first kappa shape index (κ1) is 43.9. The Morgan fingerprint density at radius 2 is 1.74 bits per heavy atom. The number of nitrogens with one attached hydrogen (secondary N) is 1. The second kappa shape index (κ2) is 20.9. The quantitative estimate of drug-likeness (QED) is 0.0544. The number of aromatic hydroxyl groups is 2. The van der Waals surface area contributed by atoms with E-state index in [9.17, 15) is 34.2 Å². The lowest BCUT2D eigenvalue weighted by Gasteiger charge is -2.32. The molecule has 0 unspecified atom stereocenters. The Kier molecular flexibility index (Phi) is 16.1. The number of nitrogens with two attached hydrogens (primary N) is 1. The number of phenols is 2. The number of carbonyl (C=O) groups excluding carboxylic acids is 5. The molecular weight excluding hydrogens is 723 g/mol. The number of Topliss-reactive ketones (excluding diaryl/α,β-unsaturated/α-hetero) is 3. The maximum atomic E-state index is 14.6. The van der Waals surface area contributed by atoms with E-state index in [1.54, 1.807) is 19.1 Å². The predicted molar refractivity (Wildman–Crippen MR) is 219 cm³/mol. The van der Waals surface area contributed by atoms with Gasteiger partial charge in [-0.2, -0.15) is 5.26 Å². The Labute approximate surface area is 335 Å². The SMILES string of the molecule is CCCCCCc1ccc(C(=O)C[C@@H](CCN=CN)C(=O)N(C)[C@@H]2C(=O)C[C@@H](C)C(=O)N[C@H](C(=O)CCC#N)Cc3ccc(O)c(c3)-c3cc2ccc3O)c(C)c1. The van der Waals surface area contributed by atoms with Gasteiger partial charge in [0.05, 0.1) is 18.4 Å². The maximum Gasteiger partial charge on any atom is 0.226 e. The van der Waals surface area contributed by atoms with Crippen LogP contribution in [0.1, 0.15) is 110 Å². The molecule has 0 saturated carbocycles. The van der Waals surface area contributed by atoms with Crippen LogP contribution in [0.2, 0.25) is 0 Å². The lowest BCUT2D eigenvalue weighted by Crippen LogP contribution is -2.45. The van der Waals surface area contributed by atoms with Gasteiger partial charge in [0, 0.05) is 67.8 Å². The minimum Gasteiger partial charge on any atom is -0.507 e. The summed E-state index contributed by atoms with van der Waals surface area (Å²) < 4.78 is 0. The zero-order valence-electron chi connectivity index (χ0n) is 33.4. The van der Waals surface area contributed by atoms with E-state index in [-0.39, 0.29) is 79.3 Å². The number of nitriles is 1. The second-order valence-electron chi connectivity index (χ2n) is 15.1. The minimum atomic E-state index is -1.27. The standard InChI is InChI=1S/C45H55N5O7/c1-5-6-7-8-10-30-12-15-34(28(2)21-30)41(54)26-33(18-20-48-27-47)45(57)50(4)43-32-14-17-39(52)36(25-32)35-23-31(13-16-38(35)51)24-37(40(53)11-9-19-46)49-44(56)29(3)22-42(43)55/h12-17,21,23,25,27,29,33,37,43,51-52H,5-11,18,20,22,24,26H2,1-4H3,(H2,47,48)(H,49,56)/t29-,33-,37+,43+/m1/s1. The van der Waals surface area contributed by atoms with Crippen LogP contribution in [-0.4, -0.2) is 70.2 Å². The number of hydrogen-bond donors (Lipinski definition) is 4. The molecule has 1 aliphatic heterocycles. The fraction of sp³-hybridized carbons (Fsp3) is 0.444. The molecule has 0 aliphatic carbocycles. The topological polar surface area (TPSA) is 203 Å². The first-order valence-electron chi connectivity index (χ1n) is 19.8. The molecule has 0 aromatic heterocycles. The summed E-state index contributed by atoms with van der Waals surface area (Å²) in [4.78, 5) is 75.0. The summed E-state index contributed by atoms with van der Waals surface area (Å²) >= 11 is 0. The molecule has 57 heavy (non-hydrogen) atoms. The number of ketones is 3. The van der Waals surface area contributed by atoms with Crippen LogP contribution in [0, 0.1) is 30.1 Å². The van der Waals surface area contributed by atoms with Crippen LogP contribution < -0.4 is 11.1 Å². The summed E-state index contributed by atoms with van der Waals surface area (Å²) in [6.45, 7) is 5.77. The number of aliphatic imine (C=N–C) groups is 1. The fourth-order valence-electron chi connectivity index (χ4n) is 7.46. The molecule has 5 N–H and O–H groups in total. The van der Waals surface area contributed by atoms with Crippen LogP contribution in [0.25, 0.3) is 11.1 Å². The summed E-state index contributed by atoms with van der Waals surface area (Å²) in [6, 6.07) is 14.5. The summed E-state index contributed by atoms with van der Waals surface area (Å²) in [6.07, 6.45) is 6.18. The number of rotatable bonds is 16. The van der Waals surface area contributed by atoms with Crippen molar-refractivity contribution in [1.82, 2.24) is 10.2 Å². The monoisotopic (exact) mass is 777 g/mol. The number of hydrogen-bond acceptors (Lipinski definition) is 9. The molecule has 12 heteroatoms. The maximum absolute atomic E-state index is 14.6. The number of amides is 2. The van der Waals surface area contributed by atoms with Gasteiger partial charge in [-0.15, -0.1) is 0 Å². The van der Waals surface area contributed by atoms with E-state index in [1.165, 1.54) is 42.6 Å². The number of fused-ring (bicyclic) bond motifs is 5. The van der Waals surface area contributed by atoms with Crippen molar-refractivity contribution >= 4 is 35.5 Å². The summed E-state index contributed by atoms with van der Waals surface area (Å²) in [5, 5.41) is 33.9. The van der Waals surface area contributed by atoms with Gasteiger partial charge < -0.3 is 26.2 Å². The van der Waals surface area contributed by atoms with Crippen molar-refractivity contribution in [2.24, 2.45) is 22.6 Å². The number of nitrogens with zero attached hydrogens (tertiary/aromatic N) is 3. The van der Waals surface area contributed by atoms with E-state index >= 15 is 0 Å². The van der Waals surface area contributed by atoms with E-state index in [4.69, 9.17) is 11.0 Å². The lowest BCUT2D eigenvalue weighted by molar-refractivity contribution is -0.142. The molecule has 4 atom stereocenters. The largest absolute Gasteiger partial charge is 0.507 e. The highest BCUT2D eigenvalue weighted by atomic mass is 16.3. The zero-order valence-corrected chi connectivity index (χ0v) is 33.4. The summed E-state index contributed by atoms with van der Waals surface area (Å²) in [5.74, 6) is -4.34. The highest BCUT2D eigenvalue weighted by Crippen LogP contribution is 2.39. The normalized spacial score (nSPS) is 17.6. The predicted octanol–water partition coefficient (Wildman–Crippen LogP) is 6.47. The second-order valence-corrected chi connectivity index (χ2v) is 15.1. The van der Waals surface area contributed by atoms with Crippen molar-refractivity contribution in [3.05, 3.63) is 82.4 Å².